The van der Waals surface area contributed by atoms with Gasteiger partial charge in [-0.1, -0.05) is 24.3 Å². The molecule has 1 aromatic heterocycles. The second-order valence-corrected chi connectivity index (χ2v) is 6.76. The van der Waals surface area contributed by atoms with E-state index in [-0.39, 0.29) is 11.9 Å². The van der Waals surface area contributed by atoms with Crippen LogP contribution in [0.15, 0.2) is 46.9 Å². The predicted molar refractivity (Wildman–Crippen MR) is 102 cm³/mol. The summed E-state index contributed by atoms with van der Waals surface area (Å²) in [5.74, 6) is 1.02. The Labute approximate surface area is 153 Å². The third-order valence-corrected chi connectivity index (χ3v) is 5.10. The molecule has 1 unspecified atom stereocenters. The molecule has 0 saturated heterocycles. The fraction of sp³-hybridized carbons (Fsp3) is 0.318. The minimum atomic E-state index is -0.154. The molecular formula is C22H23NO3. The second kappa shape index (κ2) is 6.87. The number of ether oxygens (including phenoxy) is 1. The summed E-state index contributed by atoms with van der Waals surface area (Å²) in [6.45, 7) is 4.48. The van der Waals surface area contributed by atoms with Crippen molar-refractivity contribution in [3.63, 3.8) is 0 Å². The lowest BCUT2D eigenvalue weighted by molar-refractivity contribution is 0.0906. The highest BCUT2D eigenvalue weighted by Gasteiger charge is 2.25. The molecule has 1 heterocycles. The number of hydrogen-bond acceptors (Lipinski definition) is 3. The van der Waals surface area contributed by atoms with Crippen LogP contribution in [0.4, 0.5) is 0 Å². The average molecular weight is 349 g/mol. The van der Waals surface area contributed by atoms with E-state index in [9.17, 15) is 4.79 Å². The minimum absolute atomic E-state index is 0.0408. The molecule has 1 aliphatic carbocycles. The van der Waals surface area contributed by atoms with Crippen LogP contribution >= 0.6 is 0 Å². The summed E-state index contributed by atoms with van der Waals surface area (Å²) < 4.78 is 11.4. The van der Waals surface area contributed by atoms with Crippen LogP contribution in [0.3, 0.4) is 0 Å². The molecule has 134 valence electrons. The molecule has 4 nitrogen and oxygen atoms in total. The SMILES string of the molecule is CCOc1ccc2oc(C(=O)NC3CCCc4ccccc43)c(C)c2c1. The highest BCUT2D eigenvalue weighted by Crippen LogP contribution is 2.32. The monoisotopic (exact) mass is 349 g/mol. The molecule has 4 rings (SSSR count). The number of nitrogens with one attached hydrogen (secondary N) is 1. The Morgan fingerprint density at radius 3 is 2.96 bits per heavy atom. The first-order chi connectivity index (χ1) is 12.7. The van der Waals surface area contributed by atoms with Crippen molar-refractivity contribution in [2.24, 2.45) is 0 Å². The van der Waals surface area contributed by atoms with Crippen LogP contribution in [0.25, 0.3) is 11.0 Å². The Hall–Kier alpha value is -2.75. The molecule has 2 aromatic carbocycles. The van der Waals surface area contributed by atoms with Crippen LogP contribution in [0, 0.1) is 6.92 Å². The van der Waals surface area contributed by atoms with Gasteiger partial charge in [-0.15, -0.1) is 0 Å². The van der Waals surface area contributed by atoms with Crippen molar-refractivity contribution in [3.05, 3.63) is 64.9 Å². The second-order valence-electron chi connectivity index (χ2n) is 6.76. The Balaban J connectivity index is 1.62. The van der Waals surface area contributed by atoms with Gasteiger partial charge in [-0.3, -0.25) is 4.79 Å². The van der Waals surface area contributed by atoms with Gasteiger partial charge in [0.15, 0.2) is 5.76 Å². The number of benzene rings is 2. The summed E-state index contributed by atoms with van der Waals surface area (Å²) in [6, 6.07) is 14.1. The van der Waals surface area contributed by atoms with E-state index in [4.69, 9.17) is 9.15 Å². The van der Waals surface area contributed by atoms with E-state index in [1.807, 2.05) is 38.1 Å². The Morgan fingerprint density at radius 2 is 2.12 bits per heavy atom. The van der Waals surface area contributed by atoms with Crippen molar-refractivity contribution in [1.82, 2.24) is 5.32 Å². The molecule has 0 aliphatic heterocycles. The first-order valence-electron chi connectivity index (χ1n) is 9.22. The molecule has 0 spiro atoms. The number of fused-ring (bicyclic) bond motifs is 2. The number of aryl methyl sites for hydroxylation is 2. The van der Waals surface area contributed by atoms with Gasteiger partial charge in [-0.25, -0.2) is 0 Å². The van der Waals surface area contributed by atoms with Crippen molar-refractivity contribution in [2.45, 2.75) is 39.2 Å². The maximum Gasteiger partial charge on any atom is 0.287 e. The maximum absolute atomic E-state index is 12.9. The topological polar surface area (TPSA) is 51.5 Å². The standard InChI is InChI=1S/C22H23NO3/c1-3-25-16-11-12-20-18(13-16)14(2)21(26-20)22(24)23-19-10-6-8-15-7-4-5-9-17(15)19/h4-5,7,9,11-13,19H,3,6,8,10H2,1-2H3,(H,23,24). The molecule has 1 N–H and O–H groups in total. The fourth-order valence-electron chi connectivity index (χ4n) is 3.80. The minimum Gasteiger partial charge on any atom is -0.494 e. The van der Waals surface area contributed by atoms with E-state index in [2.05, 4.69) is 23.5 Å². The summed E-state index contributed by atoms with van der Waals surface area (Å²) in [7, 11) is 0. The normalized spacial score (nSPS) is 16.3. The largest absolute Gasteiger partial charge is 0.494 e. The molecule has 4 heteroatoms. The van der Waals surface area contributed by atoms with Crippen molar-refractivity contribution in [3.8, 4) is 5.75 Å². The molecule has 1 aliphatic rings. The molecular weight excluding hydrogens is 326 g/mol. The number of carbonyl (C=O) groups excluding carboxylic acids is 1. The van der Waals surface area contributed by atoms with Crippen LogP contribution in [-0.4, -0.2) is 12.5 Å². The van der Waals surface area contributed by atoms with Crippen LogP contribution in [0.1, 0.15) is 53.1 Å². The van der Waals surface area contributed by atoms with Crippen LogP contribution in [-0.2, 0) is 6.42 Å². The van der Waals surface area contributed by atoms with E-state index in [0.717, 1.165) is 36.0 Å². The Bertz CT molecular complexity index is 957. The summed E-state index contributed by atoms with van der Waals surface area (Å²) in [5.41, 5.74) is 4.11. The summed E-state index contributed by atoms with van der Waals surface area (Å²) in [4.78, 5) is 12.9. The number of furan rings is 1. The third kappa shape index (κ3) is 2.96. The predicted octanol–water partition coefficient (Wildman–Crippen LogP) is 4.95. The first kappa shape index (κ1) is 16.7. The highest BCUT2D eigenvalue weighted by atomic mass is 16.5. The smallest absolute Gasteiger partial charge is 0.287 e. The van der Waals surface area contributed by atoms with Gasteiger partial charge >= 0.3 is 0 Å². The number of hydrogen-bond donors (Lipinski definition) is 1. The molecule has 0 saturated carbocycles. The van der Waals surface area contributed by atoms with Gasteiger partial charge in [0, 0.05) is 10.9 Å². The number of carbonyl (C=O) groups is 1. The van der Waals surface area contributed by atoms with Crippen molar-refractivity contribution >= 4 is 16.9 Å². The maximum atomic E-state index is 12.9. The van der Waals surface area contributed by atoms with Gasteiger partial charge in [0.1, 0.15) is 11.3 Å². The quantitative estimate of drug-likeness (QED) is 0.725. The van der Waals surface area contributed by atoms with Crippen molar-refractivity contribution in [2.75, 3.05) is 6.61 Å². The van der Waals surface area contributed by atoms with Crippen molar-refractivity contribution < 1.29 is 13.9 Å². The zero-order valence-corrected chi connectivity index (χ0v) is 15.2. The first-order valence-corrected chi connectivity index (χ1v) is 9.22. The molecule has 3 aromatic rings. The lowest BCUT2D eigenvalue weighted by Crippen LogP contribution is -2.31. The van der Waals surface area contributed by atoms with Crippen LogP contribution in [0.5, 0.6) is 5.75 Å². The molecule has 0 fully saturated rings. The molecule has 0 bridgehead atoms. The van der Waals surface area contributed by atoms with Crippen LogP contribution in [0.2, 0.25) is 0 Å². The summed E-state index contributed by atoms with van der Waals surface area (Å²) in [5, 5.41) is 4.09. The molecule has 0 radical (unpaired) electrons. The van der Waals surface area contributed by atoms with E-state index >= 15 is 0 Å². The van der Waals surface area contributed by atoms with E-state index in [0.29, 0.717) is 18.0 Å². The zero-order valence-electron chi connectivity index (χ0n) is 15.2. The van der Waals surface area contributed by atoms with E-state index in [1.54, 1.807) is 0 Å². The lowest BCUT2D eigenvalue weighted by atomic mass is 9.87. The summed E-state index contributed by atoms with van der Waals surface area (Å²) in [6.07, 6.45) is 3.11. The lowest BCUT2D eigenvalue weighted by Gasteiger charge is -2.26. The Kier molecular flexibility index (Phi) is 4.41. The summed E-state index contributed by atoms with van der Waals surface area (Å²) >= 11 is 0. The molecule has 1 amide bonds. The van der Waals surface area contributed by atoms with Gasteiger partial charge in [-0.05, 0) is 62.4 Å². The Morgan fingerprint density at radius 1 is 1.27 bits per heavy atom. The van der Waals surface area contributed by atoms with Crippen LogP contribution < -0.4 is 10.1 Å². The number of amides is 1. The third-order valence-electron chi connectivity index (χ3n) is 5.10. The van der Waals surface area contributed by atoms with E-state index < -0.39 is 0 Å². The van der Waals surface area contributed by atoms with Gasteiger partial charge in [0.2, 0.25) is 0 Å². The highest BCUT2D eigenvalue weighted by molar-refractivity contribution is 5.99. The molecule has 1 atom stereocenters. The van der Waals surface area contributed by atoms with Gasteiger partial charge in [-0.2, -0.15) is 0 Å². The average Bonchev–Trinajstić information content (AvgIpc) is 2.99. The van der Waals surface area contributed by atoms with Crippen molar-refractivity contribution in [1.29, 1.82) is 0 Å². The molecule has 26 heavy (non-hydrogen) atoms. The zero-order chi connectivity index (χ0) is 18.1. The van der Waals surface area contributed by atoms with Gasteiger partial charge in [0.05, 0.1) is 12.6 Å². The van der Waals surface area contributed by atoms with E-state index in [1.165, 1.54) is 11.1 Å². The fourth-order valence-corrected chi connectivity index (χ4v) is 3.80. The number of rotatable bonds is 4. The van der Waals surface area contributed by atoms with Gasteiger partial charge < -0.3 is 14.5 Å². The van der Waals surface area contributed by atoms with Gasteiger partial charge in [0.25, 0.3) is 5.91 Å².